The summed E-state index contributed by atoms with van der Waals surface area (Å²) in [4.78, 5) is 14.5. The highest BCUT2D eigenvalue weighted by molar-refractivity contribution is 6.02. The maximum absolute atomic E-state index is 13.0. The van der Waals surface area contributed by atoms with Crippen molar-refractivity contribution in [1.29, 1.82) is 0 Å². The Bertz CT molecular complexity index is 734. The molecule has 0 unspecified atom stereocenters. The topological polar surface area (TPSA) is 45.5 Å². The van der Waals surface area contributed by atoms with E-state index in [0.29, 0.717) is 12.3 Å². The van der Waals surface area contributed by atoms with Crippen molar-refractivity contribution in [1.82, 2.24) is 4.90 Å². The molecule has 1 saturated heterocycles. The van der Waals surface area contributed by atoms with Crippen molar-refractivity contribution >= 4 is 11.6 Å². The number of hydrogen-bond donors (Lipinski definition) is 1. The Hall–Kier alpha value is -2.28. The van der Waals surface area contributed by atoms with Crippen LogP contribution < -0.4 is 5.32 Å². The van der Waals surface area contributed by atoms with Gasteiger partial charge in [0.05, 0.1) is 17.8 Å². The quantitative estimate of drug-likeness (QED) is 0.879. The first kappa shape index (κ1) is 17.5. The van der Waals surface area contributed by atoms with Crippen LogP contribution in [0.15, 0.2) is 40.8 Å². The molecule has 3 rings (SSSR count). The van der Waals surface area contributed by atoms with Gasteiger partial charge in [-0.1, -0.05) is 18.6 Å². The molecule has 7 heteroatoms. The third-order valence-corrected chi connectivity index (χ3v) is 4.19. The lowest BCUT2D eigenvalue weighted by Gasteiger charge is -2.25. The number of rotatable bonds is 4. The summed E-state index contributed by atoms with van der Waals surface area (Å²) in [6.07, 6.45) is -1.03. The third-order valence-electron chi connectivity index (χ3n) is 4.19. The van der Waals surface area contributed by atoms with Gasteiger partial charge in [0.1, 0.15) is 5.76 Å². The number of benzene rings is 1. The molecular formula is C18H19F3N2O2. The standard InChI is InChI=1S/C18H19F3N2O2/c19-18(20,21)14-6-2-3-7-15(14)22-17(24)16-9-8-13(25-16)12-23-10-4-1-5-11-23/h2-3,6-9H,1,4-5,10-12H2,(H,22,24). The fourth-order valence-electron chi connectivity index (χ4n) is 2.95. The van der Waals surface area contributed by atoms with Crippen LogP contribution in [0.25, 0.3) is 0 Å². The summed E-state index contributed by atoms with van der Waals surface area (Å²) in [7, 11) is 0. The Labute approximate surface area is 143 Å². The molecule has 0 radical (unpaired) electrons. The van der Waals surface area contributed by atoms with Gasteiger partial charge in [0, 0.05) is 0 Å². The zero-order valence-electron chi connectivity index (χ0n) is 13.6. The summed E-state index contributed by atoms with van der Waals surface area (Å²) in [6.45, 7) is 2.58. The van der Waals surface area contributed by atoms with Gasteiger partial charge in [-0.2, -0.15) is 13.2 Å². The smallest absolute Gasteiger partial charge is 0.418 e. The van der Waals surface area contributed by atoms with E-state index in [9.17, 15) is 18.0 Å². The monoisotopic (exact) mass is 352 g/mol. The summed E-state index contributed by atoms with van der Waals surface area (Å²) in [5.74, 6) is -0.0539. The minimum Gasteiger partial charge on any atom is -0.455 e. The highest BCUT2D eigenvalue weighted by Gasteiger charge is 2.33. The van der Waals surface area contributed by atoms with Gasteiger partial charge in [-0.15, -0.1) is 0 Å². The van der Waals surface area contributed by atoms with E-state index in [4.69, 9.17) is 4.42 Å². The van der Waals surface area contributed by atoms with E-state index >= 15 is 0 Å². The summed E-state index contributed by atoms with van der Waals surface area (Å²) >= 11 is 0. The number of likely N-dealkylation sites (tertiary alicyclic amines) is 1. The molecule has 1 amide bonds. The number of hydrogen-bond acceptors (Lipinski definition) is 3. The molecule has 2 heterocycles. The van der Waals surface area contributed by atoms with Gasteiger partial charge in [0.25, 0.3) is 5.91 Å². The summed E-state index contributed by atoms with van der Waals surface area (Å²) in [5.41, 5.74) is -1.17. The molecule has 4 nitrogen and oxygen atoms in total. The average Bonchev–Trinajstić information content (AvgIpc) is 3.04. The fraction of sp³-hybridized carbons (Fsp3) is 0.389. The second kappa shape index (κ2) is 7.31. The van der Waals surface area contributed by atoms with Crippen LogP contribution in [0.1, 0.15) is 41.1 Å². The SMILES string of the molecule is O=C(Nc1ccccc1C(F)(F)F)c1ccc(CN2CCCCC2)o1. The molecule has 0 bridgehead atoms. The van der Waals surface area contributed by atoms with Gasteiger partial charge in [-0.05, 0) is 50.2 Å². The number of anilines is 1. The third kappa shape index (κ3) is 4.42. The molecule has 1 aromatic heterocycles. The number of alkyl halides is 3. The van der Waals surface area contributed by atoms with E-state index in [1.54, 1.807) is 6.07 Å². The van der Waals surface area contributed by atoms with Crippen molar-refractivity contribution in [3.8, 4) is 0 Å². The Morgan fingerprint density at radius 2 is 1.80 bits per heavy atom. The van der Waals surface area contributed by atoms with Crippen LogP contribution in [0.2, 0.25) is 0 Å². The molecule has 1 aliphatic rings. The second-order valence-electron chi connectivity index (χ2n) is 6.10. The van der Waals surface area contributed by atoms with Gasteiger partial charge in [-0.25, -0.2) is 0 Å². The van der Waals surface area contributed by atoms with Gasteiger partial charge in [0.15, 0.2) is 5.76 Å². The molecule has 1 N–H and O–H groups in total. The summed E-state index contributed by atoms with van der Waals surface area (Å²) in [5, 5.41) is 2.28. The molecule has 1 aliphatic heterocycles. The lowest BCUT2D eigenvalue weighted by Crippen LogP contribution is -2.28. The number of furan rings is 1. The lowest BCUT2D eigenvalue weighted by atomic mass is 10.1. The Balaban J connectivity index is 1.68. The van der Waals surface area contributed by atoms with Crippen LogP contribution in [0.3, 0.4) is 0 Å². The van der Waals surface area contributed by atoms with E-state index in [1.165, 1.54) is 30.7 Å². The van der Waals surface area contributed by atoms with Gasteiger partial charge < -0.3 is 9.73 Å². The van der Waals surface area contributed by atoms with Crippen LogP contribution in [0, 0.1) is 0 Å². The molecule has 25 heavy (non-hydrogen) atoms. The zero-order valence-corrected chi connectivity index (χ0v) is 13.6. The van der Waals surface area contributed by atoms with Gasteiger partial charge in [-0.3, -0.25) is 9.69 Å². The number of carbonyl (C=O) groups is 1. The molecule has 0 spiro atoms. The van der Waals surface area contributed by atoms with Crippen molar-refractivity contribution < 1.29 is 22.4 Å². The lowest BCUT2D eigenvalue weighted by molar-refractivity contribution is -0.136. The minimum absolute atomic E-state index is 0.00369. The van der Waals surface area contributed by atoms with E-state index in [0.717, 1.165) is 32.0 Å². The number of piperidine rings is 1. The highest BCUT2D eigenvalue weighted by atomic mass is 19.4. The number of nitrogens with one attached hydrogen (secondary N) is 1. The second-order valence-corrected chi connectivity index (χ2v) is 6.10. The Kier molecular flexibility index (Phi) is 5.13. The predicted molar refractivity (Wildman–Crippen MR) is 87.2 cm³/mol. The molecule has 0 atom stereocenters. The largest absolute Gasteiger partial charge is 0.455 e. The first-order valence-electron chi connectivity index (χ1n) is 8.22. The van der Waals surface area contributed by atoms with Crippen molar-refractivity contribution in [2.24, 2.45) is 0 Å². The van der Waals surface area contributed by atoms with E-state index < -0.39 is 17.6 Å². The Morgan fingerprint density at radius 3 is 2.52 bits per heavy atom. The Morgan fingerprint density at radius 1 is 1.08 bits per heavy atom. The van der Waals surface area contributed by atoms with Gasteiger partial charge >= 0.3 is 6.18 Å². The van der Waals surface area contributed by atoms with Crippen LogP contribution >= 0.6 is 0 Å². The minimum atomic E-state index is -4.54. The number of carbonyl (C=O) groups excluding carboxylic acids is 1. The maximum Gasteiger partial charge on any atom is 0.418 e. The van der Waals surface area contributed by atoms with E-state index in [2.05, 4.69) is 10.2 Å². The van der Waals surface area contributed by atoms with Crippen LogP contribution in [0.5, 0.6) is 0 Å². The fourth-order valence-corrected chi connectivity index (χ4v) is 2.95. The van der Waals surface area contributed by atoms with Crippen LogP contribution in [-0.4, -0.2) is 23.9 Å². The first-order chi connectivity index (χ1) is 11.9. The molecular weight excluding hydrogens is 333 g/mol. The molecule has 2 aromatic rings. The summed E-state index contributed by atoms with van der Waals surface area (Å²) in [6, 6.07) is 8.05. The predicted octanol–water partition coefficient (Wildman–Crippen LogP) is 4.54. The van der Waals surface area contributed by atoms with Crippen molar-refractivity contribution in [2.75, 3.05) is 18.4 Å². The molecule has 0 saturated carbocycles. The molecule has 0 aliphatic carbocycles. The van der Waals surface area contributed by atoms with E-state index in [-0.39, 0.29) is 11.4 Å². The number of amides is 1. The molecule has 1 aromatic carbocycles. The highest BCUT2D eigenvalue weighted by Crippen LogP contribution is 2.34. The van der Waals surface area contributed by atoms with Crippen molar-refractivity contribution in [3.63, 3.8) is 0 Å². The van der Waals surface area contributed by atoms with Crippen molar-refractivity contribution in [3.05, 3.63) is 53.5 Å². The molecule has 1 fully saturated rings. The zero-order chi connectivity index (χ0) is 17.9. The number of para-hydroxylation sites is 1. The first-order valence-corrected chi connectivity index (χ1v) is 8.22. The van der Waals surface area contributed by atoms with Gasteiger partial charge in [0.2, 0.25) is 0 Å². The normalized spacial score (nSPS) is 16.0. The van der Waals surface area contributed by atoms with Crippen LogP contribution in [-0.2, 0) is 12.7 Å². The van der Waals surface area contributed by atoms with E-state index in [1.807, 2.05) is 0 Å². The van der Waals surface area contributed by atoms with Crippen LogP contribution in [0.4, 0.5) is 18.9 Å². The number of nitrogens with zero attached hydrogens (tertiary/aromatic N) is 1. The number of halogens is 3. The average molecular weight is 352 g/mol. The van der Waals surface area contributed by atoms with Crippen molar-refractivity contribution in [2.45, 2.75) is 32.0 Å². The molecule has 134 valence electrons. The summed E-state index contributed by atoms with van der Waals surface area (Å²) < 4.78 is 44.5. The maximum atomic E-state index is 13.0.